The third kappa shape index (κ3) is 3.70. The monoisotopic (exact) mass is 238 g/mol. The molecule has 2 fully saturated rings. The highest BCUT2D eigenvalue weighted by Gasteiger charge is 2.27. The fourth-order valence-electron chi connectivity index (χ4n) is 3.21. The van der Waals surface area contributed by atoms with Gasteiger partial charge < -0.3 is 10.2 Å². The largest absolute Gasteiger partial charge is 0.353 e. The molecule has 2 aliphatic rings. The van der Waals surface area contributed by atoms with Crippen molar-refractivity contribution in [1.82, 2.24) is 10.2 Å². The van der Waals surface area contributed by atoms with Gasteiger partial charge in [0.15, 0.2) is 0 Å². The average Bonchev–Trinajstić information content (AvgIpc) is 2.84. The lowest BCUT2D eigenvalue weighted by atomic mass is 10.0. The van der Waals surface area contributed by atoms with Crippen LogP contribution in [0.4, 0.5) is 0 Å². The van der Waals surface area contributed by atoms with Crippen LogP contribution in [-0.2, 0) is 4.79 Å². The Morgan fingerprint density at radius 1 is 1.18 bits per heavy atom. The summed E-state index contributed by atoms with van der Waals surface area (Å²) < 4.78 is 0. The number of hydrogen-bond acceptors (Lipinski definition) is 2. The number of piperidine rings is 1. The summed E-state index contributed by atoms with van der Waals surface area (Å²) in [6.45, 7) is 4.42. The van der Waals surface area contributed by atoms with E-state index in [1.54, 1.807) is 0 Å². The van der Waals surface area contributed by atoms with Crippen molar-refractivity contribution in [1.29, 1.82) is 0 Å². The van der Waals surface area contributed by atoms with E-state index < -0.39 is 0 Å². The van der Waals surface area contributed by atoms with Crippen molar-refractivity contribution < 1.29 is 4.79 Å². The Hall–Kier alpha value is -0.570. The number of rotatable bonds is 4. The quantitative estimate of drug-likeness (QED) is 0.815. The minimum absolute atomic E-state index is 0.242. The summed E-state index contributed by atoms with van der Waals surface area (Å²) in [7, 11) is 0. The van der Waals surface area contributed by atoms with Crippen molar-refractivity contribution in [3.63, 3.8) is 0 Å². The maximum absolute atomic E-state index is 11.5. The van der Waals surface area contributed by atoms with Gasteiger partial charge in [0, 0.05) is 31.6 Å². The summed E-state index contributed by atoms with van der Waals surface area (Å²) >= 11 is 0. The second-order valence-electron chi connectivity index (χ2n) is 5.57. The van der Waals surface area contributed by atoms with Crippen LogP contribution in [0.25, 0.3) is 0 Å². The summed E-state index contributed by atoms with van der Waals surface area (Å²) in [5.41, 5.74) is 0. The molecule has 1 saturated carbocycles. The molecular formula is C14H26N2O. The van der Waals surface area contributed by atoms with E-state index in [2.05, 4.69) is 17.1 Å². The zero-order valence-electron chi connectivity index (χ0n) is 11.1. The summed E-state index contributed by atoms with van der Waals surface area (Å²) in [6, 6.07) is 1.29. The number of hydrogen-bond donors (Lipinski definition) is 1. The van der Waals surface area contributed by atoms with Gasteiger partial charge in [0.05, 0.1) is 0 Å². The molecule has 0 aromatic carbocycles. The molecule has 17 heavy (non-hydrogen) atoms. The molecule has 0 radical (unpaired) electrons. The van der Waals surface area contributed by atoms with Crippen LogP contribution in [0.2, 0.25) is 0 Å². The minimum atomic E-state index is 0.242. The second-order valence-corrected chi connectivity index (χ2v) is 5.57. The van der Waals surface area contributed by atoms with Gasteiger partial charge in [0.1, 0.15) is 0 Å². The molecule has 0 unspecified atom stereocenters. The van der Waals surface area contributed by atoms with Gasteiger partial charge in [-0.1, -0.05) is 19.8 Å². The number of nitrogens with zero attached hydrogens (tertiary/aromatic N) is 1. The molecule has 1 aliphatic heterocycles. The summed E-state index contributed by atoms with van der Waals surface area (Å²) in [5.74, 6) is 0.242. The summed E-state index contributed by atoms with van der Waals surface area (Å²) in [4.78, 5) is 14.2. The van der Waals surface area contributed by atoms with Crippen molar-refractivity contribution in [3.05, 3.63) is 0 Å². The van der Waals surface area contributed by atoms with Gasteiger partial charge in [-0.3, -0.25) is 4.79 Å². The van der Waals surface area contributed by atoms with Crippen LogP contribution >= 0.6 is 0 Å². The van der Waals surface area contributed by atoms with E-state index in [0.717, 1.165) is 25.3 Å². The van der Waals surface area contributed by atoms with Gasteiger partial charge in [-0.05, 0) is 32.1 Å². The van der Waals surface area contributed by atoms with Gasteiger partial charge >= 0.3 is 0 Å². The maximum atomic E-state index is 11.5. The van der Waals surface area contributed by atoms with Crippen molar-refractivity contribution in [2.24, 2.45) is 0 Å². The van der Waals surface area contributed by atoms with E-state index >= 15 is 0 Å². The molecule has 3 heteroatoms. The minimum Gasteiger partial charge on any atom is -0.353 e. The van der Waals surface area contributed by atoms with Crippen LogP contribution in [0, 0.1) is 0 Å². The average molecular weight is 238 g/mol. The molecule has 1 heterocycles. The molecule has 1 N–H and O–H groups in total. The first-order valence-electron chi connectivity index (χ1n) is 7.33. The van der Waals surface area contributed by atoms with E-state index in [1.165, 1.54) is 38.8 Å². The molecule has 0 bridgehead atoms. The SMILES string of the molecule is CCCC(=O)NC1CCN(C2CCCC2)CC1. The molecule has 0 aromatic rings. The number of nitrogens with one attached hydrogen (secondary N) is 1. The molecule has 0 atom stereocenters. The lowest BCUT2D eigenvalue weighted by Gasteiger charge is -2.36. The first-order chi connectivity index (χ1) is 8.29. The Balaban J connectivity index is 1.68. The van der Waals surface area contributed by atoms with Gasteiger partial charge in [0.25, 0.3) is 0 Å². The molecule has 2 rings (SSSR count). The standard InChI is InChI=1S/C14H26N2O/c1-2-5-14(17)15-12-8-10-16(11-9-12)13-6-3-4-7-13/h12-13H,2-11H2,1H3,(H,15,17). The van der Waals surface area contributed by atoms with E-state index in [0.29, 0.717) is 12.5 Å². The van der Waals surface area contributed by atoms with Crippen LogP contribution < -0.4 is 5.32 Å². The third-order valence-electron chi connectivity index (χ3n) is 4.21. The molecule has 1 amide bonds. The number of carbonyl (C=O) groups excluding carboxylic acids is 1. The van der Waals surface area contributed by atoms with Crippen LogP contribution in [-0.4, -0.2) is 36.0 Å². The second kappa shape index (κ2) is 6.39. The maximum Gasteiger partial charge on any atom is 0.220 e. The molecule has 0 aromatic heterocycles. The normalized spacial score (nSPS) is 24.1. The number of likely N-dealkylation sites (tertiary alicyclic amines) is 1. The Labute approximate surface area is 105 Å². The first-order valence-corrected chi connectivity index (χ1v) is 7.33. The van der Waals surface area contributed by atoms with Gasteiger partial charge in [0.2, 0.25) is 5.91 Å². The highest BCUT2D eigenvalue weighted by atomic mass is 16.1. The number of carbonyl (C=O) groups is 1. The van der Waals surface area contributed by atoms with E-state index in [9.17, 15) is 4.79 Å². The van der Waals surface area contributed by atoms with Gasteiger partial charge in [-0.25, -0.2) is 0 Å². The van der Waals surface area contributed by atoms with Crippen molar-refractivity contribution >= 4 is 5.91 Å². The topological polar surface area (TPSA) is 32.3 Å². The predicted molar refractivity (Wildman–Crippen MR) is 69.9 cm³/mol. The zero-order chi connectivity index (χ0) is 12.1. The van der Waals surface area contributed by atoms with Crippen molar-refractivity contribution in [2.45, 2.75) is 70.4 Å². The number of amides is 1. The third-order valence-corrected chi connectivity index (χ3v) is 4.21. The summed E-state index contributed by atoms with van der Waals surface area (Å²) in [5, 5.41) is 3.17. The fourth-order valence-corrected chi connectivity index (χ4v) is 3.21. The van der Waals surface area contributed by atoms with Crippen LogP contribution in [0.3, 0.4) is 0 Å². The first kappa shape index (κ1) is 12.9. The van der Waals surface area contributed by atoms with E-state index in [4.69, 9.17) is 0 Å². The predicted octanol–water partition coefficient (Wildman–Crippen LogP) is 2.31. The Morgan fingerprint density at radius 3 is 2.41 bits per heavy atom. The smallest absolute Gasteiger partial charge is 0.220 e. The van der Waals surface area contributed by atoms with Crippen LogP contribution in [0.1, 0.15) is 58.3 Å². The lowest BCUT2D eigenvalue weighted by molar-refractivity contribution is -0.122. The molecule has 98 valence electrons. The van der Waals surface area contributed by atoms with Crippen LogP contribution in [0.15, 0.2) is 0 Å². The highest BCUT2D eigenvalue weighted by molar-refractivity contribution is 5.76. The van der Waals surface area contributed by atoms with Gasteiger partial charge in [-0.15, -0.1) is 0 Å². The highest BCUT2D eigenvalue weighted by Crippen LogP contribution is 2.26. The van der Waals surface area contributed by atoms with Crippen molar-refractivity contribution in [2.75, 3.05) is 13.1 Å². The Morgan fingerprint density at radius 2 is 1.82 bits per heavy atom. The van der Waals surface area contributed by atoms with E-state index in [1.807, 2.05) is 0 Å². The Kier molecular flexibility index (Phi) is 4.84. The zero-order valence-corrected chi connectivity index (χ0v) is 11.1. The molecule has 3 nitrogen and oxygen atoms in total. The molecular weight excluding hydrogens is 212 g/mol. The summed E-state index contributed by atoms with van der Waals surface area (Å²) in [6.07, 6.45) is 9.54. The van der Waals surface area contributed by atoms with Gasteiger partial charge in [-0.2, -0.15) is 0 Å². The molecule has 0 spiro atoms. The van der Waals surface area contributed by atoms with Crippen LogP contribution in [0.5, 0.6) is 0 Å². The lowest BCUT2D eigenvalue weighted by Crippen LogP contribution is -2.47. The fraction of sp³-hybridized carbons (Fsp3) is 0.929. The van der Waals surface area contributed by atoms with Crippen molar-refractivity contribution in [3.8, 4) is 0 Å². The van der Waals surface area contributed by atoms with E-state index in [-0.39, 0.29) is 5.91 Å². The molecule has 1 aliphatic carbocycles. The Bertz CT molecular complexity index is 241. The molecule has 1 saturated heterocycles.